The fourth-order valence-corrected chi connectivity index (χ4v) is 3.35. The predicted octanol–water partition coefficient (Wildman–Crippen LogP) is 2.94. The quantitative estimate of drug-likeness (QED) is 0.793. The van der Waals surface area contributed by atoms with Crippen molar-refractivity contribution in [3.63, 3.8) is 0 Å². The number of rotatable bonds is 7. The van der Waals surface area contributed by atoms with E-state index in [-0.39, 0.29) is 10.8 Å². The van der Waals surface area contributed by atoms with Crippen LogP contribution in [0, 0.1) is 6.92 Å². The topological polar surface area (TPSA) is 84.5 Å². The maximum Gasteiger partial charge on any atom is 0.261 e. The van der Waals surface area contributed by atoms with E-state index in [9.17, 15) is 13.2 Å². The number of hydrogen-bond acceptors (Lipinski definition) is 4. The summed E-state index contributed by atoms with van der Waals surface area (Å²) in [4.78, 5) is 12.1. The highest BCUT2D eigenvalue weighted by Gasteiger charge is 2.16. The average molecular weight is 362 g/mol. The molecule has 2 N–H and O–H groups in total. The van der Waals surface area contributed by atoms with Crippen LogP contribution < -0.4 is 14.8 Å². The monoisotopic (exact) mass is 362 g/mol. The van der Waals surface area contributed by atoms with Crippen LogP contribution in [0.4, 0.5) is 5.69 Å². The van der Waals surface area contributed by atoms with Crippen molar-refractivity contribution in [3.8, 4) is 5.75 Å². The number of amides is 1. The van der Waals surface area contributed by atoms with E-state index >= 15 is 0 Å². The zero-order valence-corrected chi connectivity index (χ0v) is 15.3. The largest absolute Gasteiger partial charge is 0.497 e. The molecule has 0 radical (unpaired) electrons. The van der Waals surface area contributed by atoms with E-state index < -0.39 is 10.0 Å². The molecule has 0 unspecified atom stereocenters. The lowest BCUT2D eigenvalue weighted by Crippen LogP contribution is -2.24. The van der Waals surface area contributed by atoms with E-state index in [4.69, 9.17) is 4.74 Å². The maximum atomic E-state index is 12.5. The zero-order valence-electron chi connectivity index (χ0n) is 14.5. The molecule has 0 fully saturated rings. The van der Waals surface area contributed by atoms with Crippen LogP contribution in [-0.2, 0) is 10.0 Å². The molecule has 0 saturated carbocycles. The first-order valence-corrected chi connectivity index (χ1v) is 9.41. The Balaban J connectivity index is 2.19. The lowest BCUT2D eigenvalue weighted by Gasteiger charge is -2.12. The Bertz CT molecular complexity index is 846. The maximum absolute atomic E-state index is 12.5. The van der Waals surface area contributed by atoms with Gasteiger partial charge >= 0.3 is 0 Å². The number of anilines is 1. The third kappa shape index (κ3) is 4.73. The summed E-state index contributed by atoms with van der Waals surface area (Å²) in [5.74, 6) is 0.409. The molecule has 6 nitrogen and oxygen atoms in total. The lowest BCUT2D eigenvalue weighted by atomic mass is 10.1. The molecule has 0 aliphatic heterocycles. The van der Waals surface area contributed by atoms with Crippen molar-refractivity contribution >= 4 is 21.6 Å². The van der Waals surface area contributed by atoms with Crippen LogP contribution in [0.2, 0.25) is 0 Å². The number of carbonyl (C=O) groups is 1. The summed E-state index contributed by atoms with van der Waals surface area (Å²) in [6.07, 6.45) is 0.852. The molecule has 25 heavy (non-hydrogen) atoms. The smallest absolute Gasteiger partial charge is 0.261 e. The Morgan fingerprint density at radius 3 is 2.36 bits per heavy atom. The normalized spacial score (nSPS) is 11.0. The number of sulfonamides is 1. The minimum Gasteiger partial charge on any atom is -0.497 e. The first-order valence-electron chi connectivity index (χ1n) is 7.93. The van der Waals surface area contributed by atoms with Gasteiger partial charge in [0.15, 0.2) is 0 Å². The van der Waals surface area contributed by atoms with Crippen LogP contribution in [0.5, 0.6) is 5.75 Å². The summed E-state index contributed by atoms with van der Waals surface area (Å²) in [6.45, 7) is 4.33. The molecule has 2 aromatic carbocycles. The Hall–Kier alpha value is -2.54. The van der Waals surface area contributed by atoms with Gasteiger partial charge in [-0.25, -0.2) is 8.42 Å². The van der Waals surface area contributed by atoms with Gasteiger partial charge in [-0.3, -0.25) is 9.52 Å². The van der Waals surface area contributed by atoms with E-state index in [0.29, 0.717) is 29.1 Å². The molecule has 7 heteroatoms. The van der Waals surface area contributed by atoms with Gasteiger partial charge in [-0.2, -0.15) is 0 Å². The first-order chi connectivity index (χ1) is 11.9. The van der Waals surface area contributed by atoms with E-state index in [1.807, 2.05) is 6.92 Å². The summed E-state index contributed by atoms with van der Waals surface area (Å²) in [7, 11) is -2.20. The second-order valence-corrected chi connectivity index (χ2v) is 7.25. The van der Waals surface area contributed by atoms with E-state index in [1.54, 1.807) is 37.3 Å². The molecular weight excluding hydrogens is 340 g/mol. The highest BCUT2D eigenvalue weighted by molar-refractivity contribution is 7.92. The molecule has 0 bridgehead atoms. The molecule has 2 aromatic rings. The number of ether oxygens (including phenoxy) is 1. The van der Waals surface area contributed by atoms with Gasteiger partial charge in [-0.1, -0.05) is 6.92 Å². The molecule has 0 aliphatic carbocycles. The molecule has 0 aromatic heterocycles. The van der Waals surface area contributed by atoms with Gasteiger partial charge in [-0.05, 0) is 61.4 Å². The van der Waals surface area contributed by atoms with Crippen molar-refractivity contribution in [1.29, 1.82) is 0 Å². The van der Waals surface area contributed by atoms with Crippen molar-refractivity contribution in [1.82, 2.24) is 5.32 Å². The number of aryl methyl sites for hydroxylation is 1. The number of hydrogen-bond donors (Lipinski definition) is 2. The third-order valence-electron chi connectivity index (χ3n) is 3.64. The van der Waals surface area contributed by atoms with Crippen LogP contribution in [0.1, 0.15) is 29.3 Å². The minimum absolute atomic E-state index is 0.137. The SMILES string of the molecule is CCCNC(=O)c1ccc(NS(=O)(=O)c2ccc(OC)cc2)c(C)c1. The number of nitrogens with one attached hydrogen (secondary N) is 2. The molecule has 0 aliphatic rings. The van der Waals surface area contributed by atoms with Gasteiger partial charge in [0.2, 0.25) is 0 Å². The van der Waals surface area contributed by atoms with Gasteiger partial charge in [0.05, 0.1) is 17.7 Å². The Labute approximate surface area is 148 Å². The van der Waals surface area contributed by atoms with Crippen molar-refractivity contribution in [2.45, 2.75) is 25.2 Å². The molecule has 2 rings (SSSR count). The molecule has 0 saturated heterocycles. The van der Waals surface area contributed by atoms with Crippen LogP contribution in [0.3, 0.4) is 0 Å². The second kappa shape index (κ2) is 8.02. The Morgan fingerprint density at radius 1 is 1.12 bits per heavy atom. The predicted molar refractivity (Wildman–Crippen MR) is 97.6 cm³/mol. The number of methoxy groups -OCH3 is 1. The summed E-state index contributed by atoms with van der Waals surface area (Å²) in [5.41, 5.74) is 1.60. The zero-order chi connectivity index (χ0) is 18.4. The summed E-state index contributed by atoms with van der Waals surface area (Å²) in [5, 5.41) is 2.79. The third-order valence-corrected chi connectivity index (χ3v) is 5.02. The molecule has 0 heterocycles. The number of benzene rings is 2. The molecular formula is C18H22N2O4S. The van der Waals surface area contributed by atoms with Gasteiger partial charge in [0.1, 0.15) is 5.75 Å². The van der Waals surface area contributed by atoms with Gasteiger partial charge in [0.25, 0.3) is 15.9 Å². The second-order valence-electron chi connectivity index (χ2n) is 5.57. The van der Waals surface area contributed by atoms with Crippen molar-refractivity contribution < 1.29 is 17.9 Å². The van der Waals surface area contributed by atoms with E-state index in [0.717, 1.165) is 6.42 Å². The van der Waals surface area contributed by atoms with Crippen LogP contribution in [0.25, 0.3) is 0 Å². The number of carbonyl (C=O) groups excluding carboxylic acids is 1. The lowest BCUT2D eigenvalue weighted by molar-refractivity contribution is 0.0953. The first kappa shape index (κ1) is 18.8. The van der Waals surface area contributed by atoms with Crippen LogP contribution >= 0.6 is 0 Å². The van der Waals surface area contributed by atoms with Gasteiger partial charge in [-0.15, -0.1) is 0 Å². The van der Waals surface area contributed by atoms with Gasteiger partial charge < -0.3 is 10.1 Å². The molecule has 0 atom stereocenters. The van der Waals surface area contributed by atoms with Crippen LogP contribution in [-0.4, -0.2) is 28.0 Å². The fraction of sp³-hybridized carbons (Fsp3) is 0.278. The van der Waals surface area contributed by atoms with Crippen molar-refractivity contribution in [2.24, 2.45) is 0 Å². The van der Waals surface area contributed by atoms with Crippen molar-refractivity contribution in [2.75, 3.05) is 18.4 Å². The summed E-state index contributed by atoms with van der Waals surface area (Å²) >= 11 is 0. The highest BCUT2D eigenvalue weighted by Crippen LogP contribution is 2.22. The van der Waals surface area contributed by atoms with Crippen molar-refractivity contribution in [3.05, 3.63) is 53.6 Å². The molecule has 0 spiro atoms. The van der Waals surface area contributed by atoms with E-state index in [1.165, 1.54) is 19.2 Å². The summed E-state index contributed by atoms with van der Waals surface area (Å²) < 4.78 is 32.5. The van der Waals surface area contributed by atoms with Gasteiger partial charge in [0, 0.05) is 12.1 Å². The standard InChI is InChI=1S/C18H22N2O4S/c1-4-11-19-18(21)14-5-10-17(13(2)12-14)20-25(22,23)16-8-6-15(24-3)7-9-16/h5-10,12,20H,4,11H2,1-3H3,(H,19,21). The Kier molecular flexibility index (Phi) is 6.03. The minimum atomic E-state index is -3.71. The average Bonchev–Trinajstić information content (AvgIpc) is 2.61. The molecule has 1 amide bonds. The van der Waals surface area contributed by atoms with Crippen LogP contribution in [0.15, 0.2) is 47.4 Å². The highest BCUT2D eigenvalue weighted by atomic mass is 32.2. The fourth-order valence-electron chi connectivity index (χ4n) is 2.22. The molecule has 134 valence electrons. The Morgan fingerprint density at radius 2 is 1.80 bits per heavy atom. The summed E-state index contributed by atoms with van der Waals surface area (Å²) in [6, 6.07) is 11.0. The van der Waals surface area contributed by atoms with E-state index in [2.05, 4.69) is 10.0 Å².